The molecule has 0 rings (SSSR count). The number of ether oxygens (including phenoxy) is 1. The molecule has 0 aliphatic rings. The highest BCUT2D eigenvalue weighted by Crippen LogP contribution is 1.98. The van der Waals surface area contributed by atoms with Crippen molar-refractivity contribution in [1.82, 2.24) is 0 Å². The van der Waals surface area contributed by atoms with Crippen LogP contribution in [-0.2, 0) is 19.4 Å². The van der Waals surface area contributed by atoms with E-state index in [-0.39, 0.29) is 5.76 Å². The molecule has 5 heteroatoms. The van der Waals surface area contributed by atoms with Crippen LogP contribution in [0.25, 0.3) is 0 Å². The predicted octanol–water partition coefficient (Wildman–Crippen LogP) is 0.455. The zero-order chi connectivity index (χ0) is 9.07. The van der Waals surface area contributed by atoms with Crippen molar-refractivity contribution in [2.45, 2.75) is 13.8 Å². The number of hydrogen-bond donors (Lipinski definition) is 0. The highest BCUT2D eigenvalue weighted by atomic mass is 32.2. The highest BCUT2D eigenvalue weighted by Gasteiger charge is 2.00. The number of rotatable bonds is 2. The summed E-state index contributed by atoms with van der Waals surface area (Å²) in [7, 11) is -3.21. The molecule has 0 heterocycles. The van der Waals surface area contributed by atoms with E-state index in [1.807, 2.05) is 0 Å². The lowest BCUT2D eigenvalue weighted by molar-refractivity contribution is -0.136. The first-order chi connectivity index (χ1) is 4.81. The number of hydrogen-bond acceptors (Lipinski definition) is 4. The van der Waals surface area contributed by atoms with Crippen LogP contribution >= 0.6 is 0 Å². The molecule has 0 fully saturated rings. The lowest BCUT2D eigenvalue weighted by Crippen LogP contribution is -1.99. The van der Waals surface area contributed by atoms with Crippen molar-refractivity contribution in [3.05, 3.63) is 11.2 Å². The van der Waals surface area contributed by atoms with Crippen LogP contribution in [-0.4, -0.2) is 20.6 Å². The molecule has 0 saturated heterocycles. The van der Waals surface area contributed by atoms with Crippen LogP contribution in [0.5, 0.6) is 0 Å². The number of sulfone groups is 1. The van der Waals surface area contributed by atoms with Crippen molar-refractivity contribution in [3.63, 3.8) is 0 Å². The van der Waals surface area contributed by atoms with Crippen LogP contribution < -0.4 is 0 Å². The summed E-state index contributed by atoms with van der Waals surface area (Å²) in [6.45, 7) is 2.61. The van der Waals surface area contributed by atoms with Gasteiger partial charge in [0.2, 0.25) is 0 Å². The van der Waals surface area contributed by atoms with Crippen molar-refractivity contribution < 1.29 is 17.9 Å². The van der Waals surface area contributed by atoms with Crippen molar-refractivity contribution in [2.75, 3.05) is 6.26 Å². The van der Waals surface area contributed by atoms with E-state index >= 15 is 0 Å². The van der Waals surface area contributed by atoms with Gasteiger partial charge in [0.05, 0.1) is 5.41 Å². The minimum absolute atomic E-state index is 0.0833. The van der Waals surface area contributed by atoms with E-state index in [1.165, 1.54) is 13.8 Å². The fourth-order valence-electron chi connectivity index (χ4n) is 0.552. The Labute approximate surface area is 65.8 Å². The van der Waals surface area contributed by atoms with Gasteiger partial charge in [-0.2, -0.15) is 0 Å². The van der Waals surface area contributed by atoms with E-state index in [2.05, 4.69) is 4.74 Å². The minimum atomic E-state index is -3.21. The van der Waals surface area contributed by atoms with Gasteiger partial charge in [-0.15, -0.1) is 0 Å². The molecule has 0 unspecified atom stereocenters. The second-order valence-corrected chi connectivity index (χ2v) is 4.05. The third-order valence-corrected chi connectivity index (χ3v) is 1.44. The van der Waals surface area contributed by atoms with Gasteiger partial charge < -0.3 is 4.74 Å². The van der Waals surface area contributed by atoms with Gasteiger partial charge in [0.15, 0.2) is 9.84 Å². The van der Waals surface area contributed by atoms with Crippen LogP contribution in [0.1, 0.15) is 13.8 Å². The predicted molar refractivity (Wildman–Crippen MR) is 40.4 cm³/mol. The molecular formula is C6H10O4S. The van der Waals surface area contributed by atoms with Gasteiger partial charge >= 0.3 is 5.97 Å². The van der Waals surface area contributed by atoms with E-state index in [1.54, 1.807) is 0 Å². The summed E-state index contributed by atoms with van der Waals surface area (Å²) >= 11 is 0. The Kier molecular flexibility index (Phi) is 3.25. The lowest BCUT2D eigenvalue weighted by atomic mass is 10.6. The first-order valence-corrected chi connectivity index (χ1v) is 4.83. The lowest BCUT2D eigenvalue weighted by Gasteiger charge is -1.98. The maximum atomic E-state index is 10.6. The quantitative estimate of drug-likeness (QED) is 0.455. The van der Waals surface area contributed by atoms with Crippen LogP contribution in [0.15, 0.2) is 11.2 Å². The number of carbonyl (C=O) groups is 1. The van der Waals surface area contributed by atoms with Gasteiger partial charge in [0, 0.05) is 13.2 Å². The number of carbonyl (C=O) groups excluding carboxylic acids is 1. The third-order valence-electron chi connectivity index (χ3n) is 0.685. The summed E-state index contributed by atoms with van der Waals surface area (Å²) in [6, 6.07) is 0. The summed E-state index contributed by atoms with van der Waals surface area (Å²) < 4.78 is 25.6. The van der Waals surface area contributed by atoms with Crippen molar-refractivity contribution in [2.24, 2.45) is 0 Å². The van der Waals surface area contributed by atoms with Crippen molar-refractivity contribution >= 4 is 15.8 Å². The first-order valence-electron chi connectivity index (χ1n) is 2.88. The fourth-order valence-corrected chi connectivity index (χ4v) is 1.20. The smallest absolute Gasteiger partial charge is 0.307 e. The molecule has 0 N–H and O–H groups in total. The Morgan fingerprint density at radius 3 is 2.09 bits per heavy atom. The molecule has 0 aromatic carbocycles. The summed E-state index contributed by atoms with van der Waals surface area (Å²) in [5.41, 5.74) is 0. The minimum Gasteiger partial charge on any atom is -0.431 e. The number of allylic oxidation sites excluding steroid dienone is 1. The monoisotopic (exact) mass is 178 g/mol. The Bertz CT molecular complexity index is 273. The second-order valence-electron chi connectivity index (χ2n) is 2.15. The maximum Gasteiger partial charge on any atom is 0.307 e. The van der Waals surface area contributed by atoms with Gasteiger partial charge in [-0.25, -0.2) is 8.42 Å². The van der Waals surface area contributed by atoms with Gasteiger partial charge in [0.25, 0.3) is 0 Å². The fraction of sp³-hybridized carbons (Fsp3) is 0.500. The first kappa shape index (κ1) is 10.2. The van der Waals surface area contributed by atoms with E-state index in [4.69, 9.17) is 0 Å². The van der Waals surface area contributed by atoms with Gasteiger partial charge in [-0.05, 0) is 6.92 Å². The SMILES string of the molecule is CC(=O)O/C(C)=C/S(C)(=O)=O. The topological polar surface area (TPSA) is 60.4 Å². The number of esters is 1. The third kappa shape index (κ3) is 7.05. The molecule has 0 amide bonds. The molecule has 11 heavy (non-hydrogen) atoms. The molecule has 0 atom stereocenters. The summed E-state index contributed by atoms with van der Waals surface area (Å²) in [5, 5.41) is 0.897. The van der Waals surface area contributed by atoms with Crippen LogP contribution in [0.2, 0.25) is 0 Å². The Morgan fingerprint density at radius 1 is 1.36 bits per heavy atom. The average molecular weight is 178 g/mol. The van der Waals surface area contributed by atoms with Crippen LogP contribution in [0, 0.1) is 0 Å². The van der Waals surface area contributed by atoms with E-state index in [0.29, 0.717) is 0 Å². The molecule has 0 aliphatic carbocycles. The largest absolute Gasteiger partial charge is 0.431 e. The Morgan fingerprint density at radius 2 is 1.82 bits per heavy atom. The summed E-state index contributed by atoms with van der Waals surface area (Å²) in [5.74, 6) is -0.442. The Balaban J connectivity index is 4.37. The molecule has 0 aromatic rings. The molecule has 0 aliphatic heterocycles. The van der Waals surface area contributed by atoms with Crippen LogP contribution in [0.4, 0.5) is 0 Å². The average Bonchev–Trinajstić information content (AvgIpc) is 1.53. The molecular weight excluding hydrogens is 168 g/mol. The highest BCUT2D eigenvalue weighted by molar-refractivity contribution is 7.93. The van der Waals surface area contributed by atoms with Gasteiger partial charge in [-0.1, -0.05) is 0 Å². The molecule has 0 saturated carbocycles. The zero-order valence-corrected chi connectivity index (χ0v) is 7.44. The maximum absolute atomic E-state index is 10.6. The Hall–Kier alpha value is -0.840. The molecule has 64 valence electrons. The summed E-state index contributed by atoms with van der Waals surface area (Å²) in [4.78, 5) is 10.3. The van der Waals surface area contributed by atoms with Crippen LogP contribution in [0.3, 0.4) is 0 Å². The van der Waals surface area contributed by atoms with Crippen molar-refractivity contribution in [1.29, 1.82) is 0 Å². The molecule has 0 radical (unpaired) electrons. The standard InChI is InChI=1S/C6H10O4S/c1-5(10-6(2)7)4-11(3,8)9/h4H,1-3H3/b5-4+. The molecule has 0 aromatic heterocycles. The zero-order valence-electron chi connectivity index (χ0n) is 6.62. The molecule has 4 nitrogen and oxygen atoms in total. The van der Waals surface area contributed by atoms with E-state index < -0.39 is 15.8 Å². The molecule has 0 spiro atoms. The second kappa shape index (κ2) is 3.52. The van der Waals surface area contributed by atoms with Gasteiger partial charge in [-0.3, -0.25) is 4.79 Å². The van der Waals surface area contributed by atoms with Gasteiger partial charge in [0.1, 0.15) is 5.76 Å². The molecule has 0 bridgehead atoms. The van der Waals surface area contributed by atoms with E-state index in [9.17, 15) is 13.2 Å². The van der Waals surface area contributed by atoms with E-state index in [0.717, 1.165) is 11.7 Å². The normalized spacial score (nSPS) is 12.8. The summed E-state index contributed by atoms with van der Waals surface area (Å²) in [6.07, 6.45) is 1.03. The van der Waals surface area contributed by atoms with Crippen molar-refractivity contribution in [3.8, 4) is 0 Å².